The highest BCUT2D eigenvalue weighted by Crippen LogP contribution is 2.29. The van der Waals surface area contributed by atoms with Gasteiger partial charge in [0.1, 0.15) is 4.90 Å². The first kappa shape index (κ1) is 12.6. The first-order chi connectivity index (χ1) is 7.95. The zero-order valence-electron chi connectivity index (χ0n) is 9.01. The van der Waals surface area contributed by atoms with E-state index in [4.69, 9.17) is 22.4 Å². The molecule has 17 heavy (non-hydrogen) atoms. The maximum absolute atomic E-state index is 12.1. The van der Waals surface area contributed by atoms with Crippen molar-refractivity contribution in [3.05, 3.63) is 23.2 Å². The monoisotopic (exact) mass is 276 g/mol. The van der Waals surface area contributed by atoms with E-state index in [1.807, 2.05) is 0 Å². The number of benzene rings is 1. The van der Waals surface area contributed by atoms with Crippen LogP contribution >= 0.6 is 11.6 Å². The predicted octanol–water partition coefficient (Wildman–Crippen LogP) is 0.535. The lowest BCUT2D eigenvalue weighted by Crippen LogP contribution is -2.51. The van der Waals surface area contributed by atoms with Gasteiger partial charge in [0, 0.05) is 30.6 Å². The molecular formula is C10H13ClN2O3S. The second-order valence-electron chi connectivity index (χ2n) is 4.05. The quantitative estimate of drug-likeness (QED) is 0.789. The molecule has 3 N–H and O–H groups in total. The highest BCUT2D eigenvalue weighted by atomic mass is 35.5. The number of nitrogens with two attached hydrogens (primary N) is 1. The summed E-state index contributed by atoms with van der Waals surface area (Å²) in [5.74, 6) is 0.0262. The molecule has 1 aliphatic heterocycles. The lowest BCUT2D eigenvalue weighted by molar-refractivity contribution is 0.117. The van der Waals surface area contributed by atoms with E-state index >= 15 is 0 Å². The number of aliphatic hydroxyl groups is 1. The van der Waals surface area contributed by atoms with Crippen LogP contribution < -0.4 is 5.73 Å². The summed E-state index contributed by atoms with van der Waals surface area (Å²) < 4.78 is 25.6. The van der Waals surface area contributed by atoms with Crippen molar-refractivity contribution in [2.75, 3.05) is 25.4 Å². The minimum Gasteiger partial charge on any atom is -0.398 e. The number of sulfonamides is 1. The fourth-order valence-electron chi connectivity index (χ4n) is 1.73. The highest BCUT2D eigenvalue weighted by molar-refractivity contribution is 7.89. The minimum absolute atomic E-state index is 0.00210. The van der Waals surface area contributed by atoms with Crippen LogP contribution in [0.15, 0.2) is 23.1 Å². The SMILES string of the molecule is Nc1cc(Cl)ccc1S(=O)(=O)N1CC(CO)C1. The summed E-state index contributed by atoms with van der Waals surface area (Å²) in [5, 5.41) is 9.27. The van der Waals surface area contributed by atoms with Gasteiger partial charge in [0.15, 0.2) is 0 Å². The van der Waals surface area contributed by atoms with Gasteiger partial charge in [-0.3, -0.25) is 0 Å². The molecule has 0 radical (unpaired) electrons. The lowest BCUT2D eigenvalue weighted by Gasteiger charge is -2.37. The third kappa shape index (κ3) is 2.26. The summed E-state index contributed by atoms with van der Waals surface area (Å²) in [6.07, 6.45) is 0. The van der Waals surface area contributed by atoms with Crippen LogP contribution in [0.3, 0.4) is 0 Å². The first-order valence-corrected chi connectivity index (χ1v) is 6.93. The van der Waals surface area contributed by atoms with Crippen molar-refractivity contribution in [2.45, 2.75) is 4.90 Å². The molecule has 1 saturated heterocycles. The van der Waals surface area contributed by atoms with Crippen LogP contribution in [-0.4, -0.2) is 37.5 Å². The number of hydrogen-bond acceptors (Lipinski definition) is 4. The predicted molar refractivity (Wildman–Crippen MR) is 65.2 cm³/mol. The van der Waals surface area contributed by atoms with E-state index in [1.54, 1.807) is 0 Å². The number of rotatable bonds is 3. The maximum atomic E-state index is 12.1. The molecule has 0 spiro atoms. The number of nitrogen functional groups attached to an aromatic ring is 1. The molecule has 1 aromatic carbocycles. The molecule has 2 rings (SSSR count). The van der Waals surface area contributed by atoms with Crippen molar-refractivity contribution in [3.8, 4) is 0 Å². The Kier molecular flexibility index (Phi) is 3.31. The summed E-state index contributed by atoms with van der Waals surface area (Å²) in [4.78, 5) is 0.0679. The molecule has 0 atom stereocenters. The number of anilines is 1. The van der Waals surface area contributed by atoms with E-state index in [2.05, 4.69) is 0 Å². The number of hydrogen-bond donors (Lipinski definition) is 2. The van der Waals surface area contributed by atoms with Gasteiger partial charge in [-0.25, -0.2) is 8.42 Å². The van der Waals surface area contributed by atoms with Crippen LogP contribution in [0.4, 0.5) is 5.69 Å². The standard InChI is InChI=1S/C10H13ClN2O3S/c11-8-1-2-10(9(12)3-8)17(15,16)13-4-7(5-13)6-14/h1-3,7,14H,4-6,12H2. The average molecular weight is 277 g/mol. The molecule has 0 aromatic heterocycles. The third-order valence-corrected chi connectivity index (χ3v) is 4.91. The van der Waals surface area contributed by atoms with Crippen LogP contribution in [0.25, 0.3) is 0 Å². The maximum Gasteiger partial charge on any atom is 0.245 e. The van der Waals surface area contributed by atoms with Crippen molar-refractivity contribution < 1.29 is 13.5 Å². The molecule has 0 aliphatic carbocycles. The van der Waals surface area contributed by atoms with Crippen LogP contribution in [0.5, 0.6) is 0 Å². The number of aliphatic hydroxyl groups excluding tert-OH is 1. The van der Waals surface area contributed by atoms with Crippen LogP contribution in [0, 0.1) is 5.92 Å². The van der Waals surface area contributed by atoms with E-state index < -0.39 is 10.0 Å². The average Bonchev–Trinajstić information content (AvgIpc) is 2.14. The van der Waals surface area contributed by atoms with Crippen molar-refractivity contribution in [1.82, 2.24) is 4.31 Å². The Morgan fingerprint density at radius 1 is 1.47 bits per heavy atom. The Morgan fingerprint density at radius 2 is 2.12 bits per heavy atom. The Morgan fingerprint density at radius 3 is 2.65 bits per heavy atom. The molecule has 1 aliphatic rings. The summed E-state index contributed by atoms with van der Waals surface area (Å²) >= 11 is 5.72. The molecular weight excluding hydrogens is 264 g/mol. The van der Waals surface area contributed by atoms with Gasteiger partial charge in [-0.05, 0) is 18.2 Å². The molecule has 0 bridgehead atoms. The third-order valence-electron chi connectivity index (χ3n) is 2.77. The second-order valence-corrected chi connectivity index (χ2v) is 6.40. The van der Waals surface area contributed by atoms with Gasteiger partial charge in [0.05, 0.1) is 5.69 Å². The fraction of sp³-hybridized carbons (Fsp3) is 0.400. The van der Waals surface area contributed by atoms with E-state index in [0.717, 1.165) is 0 Å². The highest BCUT2D eigenvalue weighted by Gasteiger charge is 2.37. The van der Waals surface area contributed by atoms with Crippen molar-refractivity contribution >= 4 is 27.3 Å². The molecule has 0 saturated carbocycles. The Hall–Kier alpha value is -0.820. The van der Waals surface area contributed by atoms with Crippen molar-refractivity contribution in [3.63, 3.8) is 0 Å². The van der Waals surface area contributed by atoms with Crippen LogP contribution in [0.1, 0.15) is 0 Å². The molecule has 5 nitrogen and oxygen atoms in total. The van der Waals surface area contributed by atoms with Crippen LogP contribution in [-0.2, 0) is 10.0 Å². The summed E-state index contributed by atoms with van der Waals surface area (Å²) in [5.41, 5.74) is 5.80. The normalized spacial score (nSPS) is 18.0. The zero-order valence-corrected chi connectivity index (χ0v) is 10.6. The fourth-order valence-corrected chi connectivity index (χ4v) is 3.60. The molecule has 0 amide bonds. The van der Waals surface area contributed by atoms with Gasteiger partial charge in [0.25, 0.3) is 0 Å². The minimum atomic E-state index is -3.55. The smallest absolute Gasteiger partial charge is 0.245 e. The van der Waals surface area contributed by atoms with Gasteiger partial charge in [0.2, 0.25) is 10.0 Å². The summed E-state index contributed by atoms with van der Waals surface area (Å²) in [7, 11) is -3.55. The van der Waals surface area contributed by atoms with E-state index in [1.165, 1.54) is 22.5 Å². The van der Waals surface area contributed by atoms with E-state index in [0.29, 0.717) is 18.1 Å². The van der Waals surface area contributed by atoms with Gasteiger partial charge in [-0.1, -0.05) is 11.6 Å². The molecule has 7 heteroatoms. The molecule has 0 unspecified atom stereocenters. The zero-order chi connectivity index (χ0) is 12.6. The van der Waals surface area contributed by atoms with Gasteiger partial charge >= 0.3 is 0 Å². The Bertz CT molecular complexity index is 526. The summed E-state index contributed by atoms with van der Waals surface area (Å²) in [6.45, 7) is 0.671. The lowest BCUT2D eigenvalue weighted by atomic mass is 10.1. The number of nitrogens with zero attached hydrogens (tertiary/aromatic N) is 1. The molecule has 1 heterocycles. The van der Waals surface area contributed by atoms with E-state index in [9.17, 15) is 8.42 Å². The molecule has 1 fully saturated rings. The van der Waals surface area contributed by atoms with E-state index in [-0.39, 0.29) is 23.1 Å². The topological polar surface area (TPSA) is 83.6 Å². The van der Waals surface area contributed by atoms with Gasteiger partial charge in [-0.2, -0.15) is 4.31 Å². The first-order valence-electron chi connectivity index (χ1n) is 5.11. The Labute approximate surface area is 105 Å². The molecule has 1 aromatic rings. The van der Waals surface area contributed by atoms with Crippen molar-refractivity contribution in [2.24, 2.45) is 5.92 Å². The second kappa shape index (κ2) is 4.45. The van der Waals surface area contributed by atoms with Crippen LogP contribution in [0.2, 0.25) is 5.02 Å². The van der Waals surface area contributed by atoms with Crippen molar-refractivity contribution in [1.29, 1.82) is 0 Å². The van der Waals surface area contributed by atoms with Gasteiger partial charge < -0.3 is 10.8 Å². The Balaban J connectivity index is 2.27. The number of halogens is 1. The largest absolute Gasteiger partial charge is 0.398 e. The van der Waals surface area contributed by atoms with Gasteiger partial charge in [-0.15, -0.1) is 0 Å². The molecule has 94 valence electrons. The summed E-state index contributed by atoms with van der Waals surface area (Å²) in [6, 6.07) is 4.31.